The molecule has 0 N–H and O–H groups in total. The standard InChI is InChI=1S/C18H12F4N4O2S/c19-10-4-5-14(13(22)8-10)28-9-15-23-24-18-26(15)25(6-7-29-18)17(27)16-11(20)2-1-3-12(16)21/h1-5,8H,6-7,9H2. The van der Waals surface area contributed by atoms with Crippen molar-refractivity contribution in [2.24, 2.45) is 0 Å². The molecule has 0 bridgehead atoms. The zero-order chi connectivity index (χ0) is 20.5. The van der Waals surface area contributed by atoms with Crippen molar-refractivity contribution in [1.29, 1.82) is 0 Å². The number of hydrogen-bond acceptors (Lipinski definition) is 5. The van der Waals surface area contributed by atoms with Crippen LogP contribution in [0.15, 0.2) is 41.6 Å². The first-order valence-corrected chi connectivity index (χ1v) is 9.35. The molecule has 4 rings (SSSR count). The Morgan fingerprint density at radius 3 is 2.55 bits per heavy atom. The van der Waals surface area contributed by atoms with Gasteiger partial charge in [0.1, 0.15) is 29.6 Å². The van der Waals surface area contributed by atoms with Crippen molar-refractivity contribution in [3.8, 4) is 5.75 Å². The van der Waals surface area contributed by atoms with Crippen molar-refractivity contribution in [3.63, 3.8) is 0 Å². The fourth-order valence-electron chi connectivity index (χ4n) is 2.80. The van der Waals surface area contributed by atoms with Crippen molar-refractivity contribution < 1.29 is 27.1 Å². The number of hydrogen-bond donors (Lipinski definition) is 0. The Labute approximate surface area is 166 Å². The molecule has 11 heteroatoms. The fraction of sp³-hybridized carbons (Fsp3) is 0.167. The van der Waals surface area contributed by atoms with Crippen LogP contribution in [0, 0.1) is 23.3 Å². The van der Waals surface area contributed by atoms with Crippen molar-refractivity contribution in [2.45, 2.75) is 11.8 Å². The molecular formula is C18H12F4N4O2S. The average Bonchev–Trinajstić information content (AvgIpc) is 3.10. The molecule has 0 fully saturated rings. The summed E-state index contributed by atoms with van der Waals surface area (Å²) in [6.45, 7) is -0.167. The molecular weight excluding hydrogens is 412 g/mol. The molecule has 6 nitrogen and oxygen atoms in total. The third kappa shape index (κ3) is 3.65. The number of carbonyl (C=O) groups is 1. The van der Waals surface area contributed by atoms with Gasteiger partial charge in [-0.05, 0) is 24.3 Å². The Hall–Kier alpha value is -3.08. The van der Waals surface area contributed by atoms with Crippen molar-refractivity contribution in [3.05, 3.63) is 71.1 Å². The summed E-state index contributed by atoms with van der Waals surface area (Å²) in [5, 5.41) is 9.28. The third-order valence-electron chi connectivity index (χ3n) is 4.11. The quantitative estimate of drug-likeness (QED) is 0.602. The Kier molecular flexibility index (Phi) is 5.14. The number of fused-ring (bicyclic) bond motifs is 1. The zero-order valence-electron chi connectivity index (χ0n) is 14.6. The third-order valence-corrected chi connectivity index (χ3v) is 5.01. The first-order chi connectivity index (χ1) is 14.0. The van der Waals surface area contributed by atoms with Gasteiger partial charge in [-0.15, -0.1) is 10.2 Å². The molecule has 0 saturated carbocycles. The second-order valence-electron chi connectivity index (χ2n) is 5.95. The normalized spacial score (nSPS) is 13.3. The SMILES string of the molecule is O=C(c1c(F)cccc1F)N1CCSc2nnc(COc3ccc(F)cc3F)n21. The molecule has 2 heterocycles. The minimum atomic E-state index is -0.992. The molecule has 0 spiro atoms. The molecule has 1 aliphatic heterocycles. The second kappa shape index (κ2) is 7.74. The second-order valence-corrected chi connectivity index (χ2v) is 7.01. The minimum absolute atomic E-state index is 0.112. The van der Waals surface area contributed by atoms with Crippen LogP contribution >= 0.6 is 11.8 Å². The number of ether oxygens (including phenoxy) is 1. The van der Waals surface area contributed by atoms with E-state index >= 15 is 0 Å². The van der Waals surface area contributed by atoms with Crippen molar-refractivity contribution in [2.75, 3.05) is 17.3 Å². The molecule has 0 aliphatic carbocycles. The van der Waals surface area contributed by atoms with Crippen LogP contribution in [0.4, 0.5) is 17.6 Å². The Morgan fingerprint density at radius 2 is 1.83 bits per heavy atom. The van der Waals surface area contributed by atoms with Crippen LogP contribution in [0.25, 0.3) is 0 Å². The highest BCUT2D eigenvalue weighted by atomic mass is 32.2. The zero-order valence-corrected chi connectivity index (χ0v) is 15.4. The van der Waals surface area contributed by atoms with E-state index in [1.54, 1.807) is 0 Å². The van der Waals surface area contributed by atoms with Crippen LogP contribution in [0.2, 0.25) is 0 Å². The van der Waals surface area contributed by atoms with Crippen molar-refractivity contribution in [1.82, 2.24) is 14.9 Å². The fourth-order valence-corrected chi connectivity index (χ4v) is 3.67. The lowest BCUT2D eigenvalue weighted by Gasteiger charge is -2.29. The number of benzene rings is 2. The van der Waals surface area contributed by atoms with Crippen LogP contribution in [0.1, 0.15) is 16.2 Å². The van der Waals surface area contributed by atoms with Crippen LogP contribution < -0.4 is 9.75 Å². The highest BCUT2D eigenvalue weighted by Gasteiger charge is 2.31. The van der Waals surface area contributed by atoms with Crippen LogP contribution in [0.5, 0.6) is 5.75 Å². The summed E-state index contributed by atoms with van der Waals surface area (Å²) in [4.78, 5) is 12.8. The highest BCUT2D eigenvalue weighted by molar-refractivity contribution is 7.99. The van der Waals surface area contributed by atoms with E-state index in [1.165, 1.54) is 16.4 Å². The van der Waals surface area contributed by atoms with E-state index in [2.05, 4.69) is 10.2 Å². The van der Waals surface area contributed by atoms with E-state index in [-0.39, 0.29) is 24.7 Å². The van der Waals surface area contributed by atoms with Gasteiger partial charge in [-0.3, -0.25) is 4.79 Å². The van der Waals surface area contributed by atoms with Gasteiger partial charge in [0.25, 0.3) is 5.91 Å². The van der Waals surface area contributed by atoms with Gasteiger partial charge in [-0.2, -0.15) is 0 Å². The summed E-state index contributed by atoms with van der Waals surface area (Å²) in [5.74, 6) is -4.22. The Bertz CT molecular complexity index is 1070. The van der Waals surface area contributed by atoms with Gasteiger partial charge in [0.05, 0.1) is 6.54 Å². The van der Waals surface area contributed by atoms with Crippen LogP contribution in [-0.2, 0) is 6.61 Å². The predicted molar refractivity (Wildman–Crippen MR) is 95.2 cm³/mol. The van der Waals surface area contributed by atoms with Gasteiger partial charge >= 0.3 is 0 Å². The lowest BCUT2D eigenvalue weighted by Crippen LogP contribution is -2.46. The number of rotatable bonds is 4. The minimum Gasteiger partial charge on any atom is -0.482 e. The number of thioether (sulfide) groups is 1. The van der Waals surface area contributed by atoms with Gasteiger partial charge in [0.2, 0.25) is 5.16 Å². The van der Waals surface area contributed by atoms with Gasteiger partial charge in [-0.1, -0.05) is 17.8 Å². The number of aromatic nitrogens is 3. The summed E-state index contributed by atoms with van der Waals surface area (Å²) in [5.41, 5.74) is -0.699. The van der Waals surface area contributed by atoms with Gasteiger partial charge in [0.15, 0.2) is 17.4 Å². The molecule has 29 heavy (non-hydrogen) atoms. The van der Waals surface area contributed by atoms with E-state index < -0.39 is 34.7 Å². The maximum atomic E-state index is 14.1. The van der Waals surface area contributed by atoms with Gasteiger partial charge < -0.3 is 4.74 Å². The Morgan fingerprint density at radius 1 is 1.07 bits per heavy atom. The molecule has 1 amide bonds. The number of amides is 1. The molecule has 2 aromatic carbocycles. The molecule has 0 radical (unpaired) electrons. The largest absolute Gasteiger partial charge is 0.482 e. The lowest BCUT2D eigenvalue weighted by atomic mass is 10.2. The topological polar surface area (TPSA) is 60.3 Å². The van der Waals surface area contributed by atoms with E-state index in [0.29, 0.717) is 17.0 Å². The summed E-state index contributed by atoms with van der Waals surface area (Å²) in [6, 6.07) is 5.96. The molecule has 1 aliphatic rings. The van der Waals surface area contributed by atoms with Crippen LogP contribution in [-0.4, -0.2) is 33.1 Å². The first-order valence-electron chi connectivity index (χ1n) is 8.37. The summed E-state index contributed by atoms with van der Waals surface area (Å²) >= 11 is 1.29. The van der Waals surface area contributed by atoms with Crippen molar-refractivity contribution >= 4 is 17.7 Å². The number of halogens is 4. The smallest absolute Gasteiger partial charge is 0.278 e. The summed E-state index contributed by atoms with van der Waals surface area (Å²) in [7, 11) is 0. The lowest BCUT2D eigenvalue weighted by molar-refractivity contribution is 0.0944. The monoisotopic (exact) mass is 424 g/mol. The molecule has 3 aromatic rings. The van der Waals surface area contributed by atoms with Crippen LogP contribution in [0.3, 0.4) is 0 Å². The molecule has 0 saturated heterocycles. The summed E-state index contributed by atoms with van der Waals surface area (Å²) < 4.78 is 61.5. The molecule has 1 aromatic heterocycles. The van der Waals surface area contributed by atoms with Gasteiger partial charge in [-0.25, -0.2) is 27.2 Å². The molecule has 0 unspecified atom stereocenters. The first kappa shape index (κ1) is 19.2. The Balaban J connectivity index is 1.64. The average molecular weight is 424 g/mol. The summed E-state index contributed by atoms with van der Waals surface area (Å²) in [6.07, 6.45) is 0. The van der Waals surface area contributed by atoms with Gasteiger partial charge in [0, 0.05) is 11.8 Å². The number of carbonyl (C=O) groups excluding carboxylic acids is 1. The highest BCUT2D eigenvalue weighted by Crippen LogP contribution is 2.26. The van der Waals surface area contributed by atoms with E-state index in [0.717, 1.165) is 35.3 Å². The molecule has 150 valence electrons. The van der Waals surface area contributed by atoms with E-state index in [4.69, 9.17) is 4.74 Å². The van der Waals surface area contributed by atoms with E-state index in [9.17, 15) is 22.4 Å². The number of nitrogens with zero attached hydrogens (tertiary/aromatic N) is 4. The maximum absolute atomic E-state index is 14.1. The molecule has 0 atom stereocenters. The van der Waals surface area contributed by atoms with E-state index in [1.807, 2.05) is 0 Å². The predicted octanol–water partition coefficient (Wildman–Crippen LogP) is 3.30. The maximum Gasteiger partial charge on any atom is 0.278 e.